The van der Waals surface area contributed by atoms with E-state index in [1.807, 2.05) is 11.4 Å². The van der Waals surface area contributed by atoms with E-state index in [0.717, 1.165) is 49.2 Å². The second-order valence-corrected chi connectivity index (χ2v) is 8.47. The molecular formula is C24H24FN3OS. The summed E-state index contributed by atoms with van der Waals surface area (Å²) in [6.07, 6.45) is 8.28. The van der Waals surface area contributed by atoms with E-state index in [4.69, 9.17) is 4.99 Å². The van der Waals surface area contributed by atoms with Crippen molar-refractivity contribution < 1.29 is 9.18 Å². The van der Waals surface area contributed by atoms with Gasteiger partial charge in [0.1, 0.15) is 11.5 Å². The number of para-hydroxylation sites is 1. The number of halogens is 1. The van der Waals surface area contributed by atoms with Crippen LogP contribution in [0.5, 0.6) is 0 Å². The lowest BCUT2D eigenvalue weighted by Gasteiger charge is -2.01. The van der Waals surface area contributed by atoms with E-state index < -0.39 is 0 Å². The zero-order chi connectivity index (χ0) is 20.8. The number of pyridine rings is 1. The normalized spacial score (nSPS) is 12.6. The molecule has 0 unspecified atom stereocenters. The summed E-state index contributed by atoms with van der Waals surface area (Å²) >= 11 is 1.53. The van der Waals surface area contributed by atoms with Gasteiger partial charge in [-0.1, -0.05) is 24.6 Å². The summed E-state index contributed by atoms with van der Waals surface area (Å²) in [6, 6.07) is 11.3. The molecule has 0 radical (unpaired) electrons. The van der Waals surface area contributed by atoms with Crippen molar-refractivity contribution in [2.45, 2.75) is 51.4 Å². The molecule has 1 aliphatic rings. The minimum Gasteiger partial charge on any atom is -0.292 e. The zero-order valence-electron chi connectivity index (χ0n) is 16.8. The Morgan fingerprint density at radius 2 is 1.90 bits per heavy atom. The molecule has 154 valence electrons. The average Bonchev–Trinajstić information content (AvgIpc) is 3.39. The third-order valence-corrected chi connectivity index (χ3v) is 6.19. The van der Waals surface area contributed by atoms with Crippen LogP contribution in [0.1, 0.15) is 58.9 Å². The van der Waals surface area contributed by atoms with E-state index in [1.54, 1.807) is 12.3 Å². The molecule has 0 aliphatic carbocycles. The minimum absolute atomic E-state index is 0.0543. The van der Waals surface area contributed by atoms with Crippen LogP contribution >= 0.6 is 11.3 Å². The number of hydrogen-bond acceptors (Lipinski definition) is 5. The van der Waals surface area contributed by atoms with Gasteiger partial charge in [-0.3, -0.25) is 14.8 Å². The molecule has 1 aromatic carbocycles. The fourth-order valence-electron chi connectivity index (χ4n) is 3.64. The van der Waals surface area contributed by atoms with E-state index in [-0.39, 0.29) is 18.0 Å². The molecule has 0 atom stereocenters. The molecule has 0 saturated heterocycles. The van der Waals surface area contributed by atoms with Crippen molar-refractivity contribution in [2.75, 3.05) is 0 Å². The predicted octanol–water partition coefficient (Wildman–Crippen LogP) is 5.92. The smallest absolute Gasteiger partial charge is 0.182 e. The first kappa shape index (κ1) is 20.5. The Morgan fingerprint density at radius 1 is 1.03 bits per heavy atom. The van der Waals surface area contributed by atoms with E-state index >= 15 is 0 Å². The number of nitrogens with zero attached hydrogens (tertiary/aromatic N) is 3. The second-order valence-electron chi connectivity index (χ2n) is 7.53. The predicted molar refractivity (Wildman–Crippen MR) is 118 cm³/mol. The number of ketones is 1. The lowest BCUT2D eigenvalue weighted by Crippen LogP contribution is -2.04. The van der Waals surface area contributed by atoms with Crippen LogP contribution in [0.25, 0.3) is 0 Å². The molecule has 6 heteroatoms. The number of carbonyl (C=O) groups is 1. The third-order valence-electron chi connectivity index (χ3n) is 5.28. The first-order valence-corrected chi connectivity index (χ1v) is 11.3. The van der Waals surface area contributed by atoms with Crippen LogP contribution in [0.3, 0.4) is 0 Å². The van der Waals surface area contributed by atoms with Gasteiger partial charge in [0.15, 0.2) is 5.78 Å². The summed E-state index contributed by atoms with van der Waals surface area (Å²) in [7, 11) is 0. The number of thiazole rings is 1. The molecular weight excluding hydrogens is 397 g/mol. The van der Waals surface area contributed by atoms with Crippen molar-refractivity contribution in [1.29, 1.82) is 0 Å². The Bertz CT molecular complexity index is 1060. The second kappa shape index (κ2) is 9.85. The van der Waals surface area contributed by atoms with E-state index in [0.29, 0.717) is 17.8 Å². The maximum absolute atomic E-state index is 13.6. The largest absolute Gasteiger partial charge is 0.292 e. The summed E-state index contributed by atoms with van der Waals surface area (Å²) < 4.78 is 13.6. The topological polar surface area (TPSA) is 55.2 Å². The number of rotatable bonds is 10. The van der Waals surface area contributed by atoms with Crippen molar-refractivity contribution in [3.63, 3.8) is 0 Å². The van der Waals surface area contributed by atoms with Gasteiger partial charge in [-0.15, -0.1) is 11.3 Å². The Kier molecular flexibility index (Phi) is 6.74. The monoisotopic (exact) mass is 421 g/mol. The Hall–Kier alpha value is -2.73. The van der Waals surface area contributed by atoms with Crippen LogP contribution in [0, 0.1) is 5.82 Å². The maximum Gasteiger partial charge on any atom is 0.182 e. The highest BCUT2D eigenvalue weighted by Crippen LogP contribution is 2.27. The Labute approximate surface area is 179 Å². The van der Waals surface area contributed by atoms with Gasteiger partial charge in [-0.05, 0) is 55.9 Å². The lowest BCUT2D eigenvalue weighted by molar-refractivity contribution is 0.0978. The molecule has 0 N–H and O–H groups in total. The van der Waals surface area contributed by atoms with Gasteiger partial charge in [0.2, 0.25) is 0 Å². The number of benzene rings is 1. The van der Waals surface area contributed by atoms with Crippen molar-refractivity contribution >= 4 is 28.5 Å². The number of aliphatic imine (C=N–C) groups is 1. The molecule has 0 fully saturated rings. The van der Waals surface area contributed by atoms with Gasteiger partial charge in [-0.25, -0.2) is 9.37 Å². The average molecular weight is 422 g/mol. The number of Topliss-reactive ketones (excluding diaryl/α,β-unsaturated/α-hetero) is 1. The highest BCUT2D eigenvalue weighted by atomic mass is 32.1. The molecule has 2 aromatic heterocycles. The van der Waals surface area contributed by atoms with E-state index in [9.17, 15) is 9.18 Å². The van der Waals surface area contributed by atoms with Gasteiger partial charge in [0.05, 0.1) is 16.4 Å². The fraction of sp³-hybridized carbons (Fsp3) is 0.333. The van der Waals surface area contributed by atoms with Crippen molar-refractivity contribution in [1.82, 2.24) is 9.97 Å². The number of aryl methyl sites for hydroxylation is 2. The molecule has 4 rings (SSSR count). The van der Waals surface area contributed by atoms with Crippen molar-refractivity contribution in [2.24, 2.45) is 4.99 Å². The first-order valence-electron chi connectivity index (χ1n) is 10.4. The molecule has 4 nitrogen and oxygen atoms in total. The Balaban J connectivity index is 1.16. The number of carbonyl (C=O) groups excluding carboxylic acids is 1. The molecule has 0 bridgehead atoms. The van der Waals surface area contributed by atoms with Crippen molar-refractivity contribution in [3.05, 3.63) is 75.8 Å². The van der Waals surface area contributed by atoms with Crippen molar-refractivity contribution in [3.8, 4) is 0 Å². The third kappa shape index (κ3) is 5.25. The van der Waals surface area contributed by atoms with Crippen LogP contribution in [0.15, 0.2) is 53.0 Å². The van der Waals surface area contributed by atoms with Gasteiger partial charge in [0, 0.05) is 30.1 Å². The lowest BCUT2D eigenvalue weighted by atomic mass is 10.0. The summed E-state index contributed by atoms with van der Waals surface area (Å²) in [4.78, 5) is 25.5. The first-order chi connectivity index (χ1) is 14.7. The quantitative estimate of drug-likeness (QED) is 0.301. The summed E-state index contributed by atoms with van der Waals surface area (Å²) in [6.45, 7) is 0. The molecule has 0 spiro atoms. The van der Waals surface area contributed by atoms with Crippen LogP contribution < -0.4 is 0 Å². The molecule has 3 aromatic rings. The summed E-state index contributed by atoms with van der Waals surface area (Å²) in [5, 5.41) is 2.81. The van der Waals surface area contributed by atoms with E-state index in [2.05, 4.69) is 28.2 Å². The van der Waals surface area contributed by atoms with Gasteiger partial charge in [0.25, 0.3) is 0 Å². The van der Waals surface area contributed by atoms with Crippen LogP contribution in [0.4, 0.5) is 10.1 Å². The molecule has 3 heterocycles. The van der Waals surface area contributed by atoms with Crippen LogP contribution in [0.2, 0.25) is 0 Å². The zero-order valence-corrected chi connectivity index (χ0v) is 17.6. The van der Waals surface area contributed by atoms with Gasteiger partial charge in [-0.2, -0.15) is 0 Å². The SMILES string of the molecule is O=C(CCc1ncccc1F)c1csc(CCCCCC2=Nc3ccccc3C2)n1. The van der Waals surface area contributed by atoms with Crippen LogP contribution in [-0.4, -0.2) is 21.5 Å². The van der Waals surface area contributed by atoms with Crippen LogP contribution in [-0.2, 0) is 19.3 Å². The highest BCUT2D eigenvalue weighted by molar-refractivity contribution is 7.09. The minimum atomic E-state index is -0.364. The standard InChI is InChI=1S/C24H24FN3OS/c25-19-9-6-14-26-21(19)12-13-23(29)22-16-30-24(28-22)11-3-1-2-8-18-15-17-7-4-5-10-20(17)27-18/h4-7,9-10,14,16H,1-3,8,11-13,15H2. The summed E-state index contributed by atoms with van der Waals surface area (Å²) in [5.41, 5.74) is 4.56. The molecule has 1 aliphatic heterocycles. The number of hydrogen-bond donors (Lipinski definition) is 0. The Morgan fingerprint density at radius 3 is 2.77 bits per heavy atom. The molecule has 0 amide bonds. The number of fused-ring (bicyclic) bond motifs is 1. The summed E-state index contributed by atoms with van der Waals surface area (Å²) in [5.74, 6) is -0.418. The molecule has 0 saturated carbocycles. The highest BCUT2D eigenvalue weighted by Gasteiger charge is 2.14. The van der Waals surface area contributed by atoms with E-state index in [1.165, 1.54) is 28.7 Å². The maximum atomic E-state index is 13.6. The number of aromatic nitrogens is 2. The molecule has 30 heavy (non-hydrogen) atoms. The fourth-order valence-corrected chi connectivity index (χ4v) is 4.49. The number of unbranched alkanes of at least 4 members (excludes halogenated alkanes) is 2. The van der Waals surface area contributed by atoms with Gasteiger partial charge < -0.3 is 0 Å². The van der Waals surface area contributed by atoms with Gasteiger partial charge >= 0.3 is 0 Å².